The maximum Gasteiger partial charge on any atom is 0.127 e. The summed E-state index contributed by atoms with van der Waals surface area (Å²) in [5.41, 5.74) is 0.646. The van der Waals surface area contributed by atoms with E-state index in [0.717, 1.165) is 12.3 Å². The summed E-state index contributed by atoms with van der Waals surface area (Å²) < 4.78 is 13.6. The molecule has 0 amide bonds. The summed E-state index contributed by atoms with van der Waals surface area (Å²) in [5, 5.41) is 0.542. The minimum Gasteiger partial charge on any atom is -0.207 e. The zero-order valence-electron chi connectivity index (χ0n) is 10.5. The Labute approximate surface area is 122 Å². The topological polar surface area (TPSA) is 0 Å². The molecule has 0 N–H and O–H groups in total. The van der Waals surface area contributed by atoms with Gasteiger partial charge in [-0.15, -0.1) is 0 Å². The molecule has 1 aliphatic carbocycles. The number of rotatable bonds is 5. The van der Waals surface area contributed by atoms with Crippen LogP contribution in [-0.2, 0) is 6.42 Å². The molecule has 18 heavy (non-hydrogen) atoms. The Kier molecular flexibility index (Phi) is 5.50. The van der Waals surface area contributed by atoms with E-state index < -0.39 is 0 Å². The summed E-state index contributed by atoms with van der Waals surface area (Å²) in [5.74, 6) is 0.703. The van der Waals surface area contributed by atoms with Crippen molar-refractivity contribution in [1.82, 2.24) is 0 Å². The summed E-state index contributed by atoms with van der Waals surface area (Å²) in [6.45, 7) is 0. The molecular weight excluding hydrogens is 315 g/mol. The molecule has 1 unspecified atom stereocenters. The van der Waals surface area contributed by atoms with Crippen LogP contribution in [0.5, 0.6) is 0 Å². The minimum absolute atomic E-state index is 0.187. The Bertz CT molecular complexity index is 368. The number of hydrogen-bond donors (Lipinski definition) is 0. The molecule has 1 atom stereocenters. The summed E-state index contributed by atoms with van der Waals surface area (Å²) in [6, 6.07) is 4.90. The lowest BCUT2D eigenvalue weighted by Crippen LogP contribution is -2.07. The molecule has 0 nitrogen and oxygen atoms in total. The van der Waals surface area contributed by atoms with Gasteiger partial charge in [-0.05, 0) is 37.3 Å². The van der Waals surface area contributed by atoms with E-state index in [2.05, 4.69) is 15.9 Å². The second kappa shape index (κ2) is 6.91. The van der Waals surface area contributed by atoms with Crippen molar-refractivity contribution >= 4 is 27.5 Å². The Morgan fingerprint density at radius 1 is 1.33 bits per heavy atom. The van der Waals surface area contributed by atoms with E-state index in [1.165, 1.54) is 38.2 Å². The highest BCUT2D eigenvalue weighted by Gasteiger charge is 2.18. The largest absolute Gasteiger partial charge is 0.207 e. The fourth-order valence-electron chi connectivity index (χ4n) is 2.77. The highest BCUT2D eigenvalue weighted by atomic mass is 79.9. The molecule has 1 aromatic carbocycles. The maximum absolute atomic E-state index is 13.6. The van der Waals surface area contributed by atoms with Crippen molar-refractivity contribution in [3.05, 3.63) is 34.6 Å². The van der Waals surface area contributed by atoms with Gasteiger partial charge in [0.2, 0.25) is 0 Å². The molecular formula is C15H19BrClF. The van der Waals surface area contributed by atoms with E-state index in [0.29, 0.717) is 21.8 Å². The van der Waals surface area contributed by atoms with Crippen LogP contribution < -0.4 is 0 Å². The smallest absolute Gasteiger partial charge is 0.127 e. The van der Waals surface area contributed by atoms with Crippen LogP contribution in [0.4, 0.5) is 4.39 Å². The lowest BCUT2D eigenvalue weighted by Gasteiger charge is -2.14. The lowest BCUT2D eigenvalue weighted by molar-refractivity contribution is 0.478. The first-order valence-electron chi connectivity index (χ1n) is 6.73. The monoisotopic (exact) mass is 332 g/mol. The van der Waals surface area contributed by atoms with Gasteiger partial charge in [0, 0.05) is 15.4 Å². The van der Waals surface area contributed by atoms with Gasteiger partial charge in [0.05, 0.1) is 0 Å². The van der Waals surface area contributed by atoms with Crippen LogP contribution in [-0.4, -0.2) is 4.83 Å². The van der Waals surface area contributed by atoms with Crippen molar-refractivity contribution in [3.8, 4) is 0 Å². The average molecular weight is 334 g/mol. The van der Waals surface area contributed by atoms with Gasteiger partial charge < -0.3 is 0 Å². The molecule has 0 heterocycles. The van der Waals surface area contributed by atoms with Gasteiger partial charge in [0.25, 0.3) is 0 Å². The van der Waals surface area contributed by atoms with Gasteiger partial charge in [0.15, 0.2) is 0 Å². The lowest BCUT2D eigenvalue weighted by atomic mass is 9.98. The second-order valence-electron chi connectivity index (χ2n) is 5.23. The number of benzene rings is 1. The highest BCUT2D eigenvalue weighted by molar-refractivity contribution is 9.09. The molecule has 1 fully saturated rings. The Morgan fingerprint density at radius 2 is 2.06 bits per heavy atom. The quantitative estimate of drug-likeness (QED) is 0.601. The molecule has 0 radical (unpaired) electrons. The van der Waals surface area contributed by atoms with E-state index in [1.54, 1.807) is 12.1 Å². The van der Waals surface area contributed by atoms with E-state index in [4.69, 9.17) is 11.6 Å². The molecule has 0 bridgehead atoms. The van der Waals surface area contributed by atoms with Crippen molar-refractivity contribution in [3.63, 3.8) is 0 Å². The first-order valence-corrected chi connectivity index (χ1v) is 8.03. The van der Waals surface area contributed by atoms with Crippen molar-refractivity contribution in [2.75, 3.05) is 0 Å². The normalized spacial score (nSPS) is 18.2. The van der Waals surface area contributed by atoms with E-state index in [-0.39, 0.29) is 5.82 Å². The predicted octanol–water partition coefficient (Wildman–Crippen LogP) is 5.76. The van der Waals surface area contributed by atoms with Gasteiger partial charge in [-0.3, -0.25) is 0 Å². The maximum atomic E-state index is 13.6. The van der Waals surface area contributed by atoms with E-state index in [1.807, 2.05) is 0 Å². The Balaban J connectivity index is 1.84. The Morgan fingerprint density at radius 3 is 2.72 bits per heavy atom. The Hall–Kier alpha value is -0.0800. The molecule has 1 saturated carbocycles. The van der Waals surface area contributed by atoms with Crippen LogP contribution in [0.25, 0.3) is 0 Å². The van der Waals surface area contributed by atoms with Crippen molar-refractivity contribution in [2.24, 2.45) is 5.92 Å². The third kappa shape index (κ3) is 3.96. The first kappa shape index (κ1) is 14.3. The molecule has 0 aromatic heterocycles. The minimum atomic E-state index is -0.187. The van der Waals surface area contributed by atoms with Crippen LogP contribution >= 0.6 is 27.5 Å². The number of alkyl halides is 1. The van der Waals surface area contributed by atoms with Crippen LogP contribution in [0, 0.1) is 11.7 Å². The van der Waals surface area contributed by atoms with Crippen molar-refractivity contribution in [2.45, 2.75) is 49.8 Å². The van der Waals surface area contributed by atoms with Crippen LogP contribution in [0.15, 0.2) is 18.2 Å². The van der Waals surface area contributed by atoms with Gasteiger partial charge in [-0.25, -0.2) is 4.39 Å². The first-order chi connectivity index (χ1) is 8.66. The molecule has 0 saturated heterocycles. The molecule has 100 valence electrons. The molecule has 2 rings (SSSR count). The molecule has 0 aliphatic heterocycles. The predicted molar refractivity (Wildman–Crippen MR) is 79.0 cm³/mol. The number of hydrogen-bond acceptors (Lipinski definition) is 0. The van der Waals surface area contributed by atoms with Crippen LogP contribution in [0.3, 0.4) is 0 Å². The molecule has 0 spiro atoms. The third-order valence-electron chi connectivity index (χ3n) is 3.85. The van der Waals surface area contributed by atoms with Crippen LogP contribution in [0.2, 0.25) is 5.02 Å². The summed E-state index contributed by atoms with van der Waals surface area (Å²) in [6.07, 6.45) is 8.56. The fraction of sp³-hybridized carbons (Fsp3) is 0.600. The highest BCUT2D eigenvalue weighted by Crippen LogP contribution is 2.31. The van der Waals surface area contributed by atoms with Crippen LogP contribution in [0.1, 0.15) is 44.1 Å². The number of halogens is 3. The average Bonchev–Trinajstić information content (AvgIpc) is 2.84. The summed E-state index contributed by atoms with van der Waals surface area (Å²) >= 11 is 9.70. The van der Waals surface area contributed by atoms with Crippen molar-refractivity contribution < 1.29 is 4.39 Å². The third-order valence-corrected chi connectivity index (χ3v) is 4.99. The SMILES string of the molecule is Fc1cccc(Cl)c1CC(Br)CCC1CCCC1. The summed E-state index contributed by atoms with van der Waals surface area (Å²) in [7, 11) is 0. The summed E-state index contributed by atoms with van der Waals surface area (Å²) in [4.78, 5) is 0.326. The molecule has 1 aromatic rings. The van der Waals surface area contributed by atoms with Gasteiger partial charge in [0.1, 0.15) is 5.82 Å². The standard InChI is InChI=1S/C15H19BrClF/c16-12(9-8-11-4-1-2-5-11)10-13-14(17)6-3-7-15(13)18/h3,6-7,11-12H,1-2,4-5,8-10H2. The van der Waals surface area contributed by atoms with E-state index in [9.17, 15) is 4.39 Å². The van der Waals surface area contributed by atoms with E-state index >= 15 is 0 Å². The zero-order valence-corrected chi connectivity index (χ0v) is 12.8. The van der Waals surface area contributed by atoms with Gasteiger partial charge >= 0.3 is 0 Å². The molecule has 1 aliphatic rings. The van der Waals surface area contributed by atoms with Gasteiger partial charge in [-0.1, -0.05) is 59.3 Å². The molecule has 3 heteroatoms. The van der Waals surface area contributed by atoms with Crippen molar-refractivity contribution in [1.29, 1.82) is 0 Å². The fourth-order valence-corrected chi connectivity index (χ4v) is 3.59. The zero-order chi connectivity index (χ0) is 13.0. The van der Waals surface area contributed by atoms with Gasteiger partial charge in [-0.2, -0.15) is 0 Å². The second-order valence-corrected chi connectivity index (χ2v) is 6.93.